The lowest BCUT2D eigenvalue weighted by molar-refractivity contribution is -0.127. The Morgan fingerprint density at radius 3 is 2.39 bits per heavy atom. The first kappa shape index (κ1) is 28.2. The van der Waals surface area contributed by atoms with Crippen LogP contribution in [0.3, 0.4) is 0 Å². The maximum atomic E-state index is 15.2. The van der Waals surface area contributed by atoms with Gasteiger partial charge in [-0.05, 0) is 54.6 Å². The minimum absolute atomic E-state index is 0.0693. The average Bonchev–Trinajstić information content (AvgIpc) is 3.33. The van der Waals surface area contributed by atoms with Gasteiger partial charge in [0.25, 0.3) is 15.9 Å². The number of hydrogen-bond donors (Lipinski definition) is 0. The molecule has 7 rings (SSSR count). The predicted molar refractivity (Wildman–Crippen MR) is 167 cm³/mol. The number of benzene rings is 2. The second-order valence-corrected chi connectivity index (χ2v) is 12.7. The number of halogens is 1. The Hall–Kier alpha value is -4.58. The SMILES string of the molecule is COc1ncccc1C1(N2CCN(c3cccnc3)CC2)C(=O)N(S(=O)(=O)c2cccc3cccnc23)c2ccc(Cl)cc21. The molecule has 1 saturated heterocycles. The number of fused-ring (bicyclic) bond motifs is 2. The molecule has 2 aromatic carbocycles. The van der Waals surface area contributed by atoms with E-state index >= 15 is 4.79 Å². The Morgan fingerprint density at radius 1 is 0.864 bits per heavy atom. The van der Waals surface area contributed by atoms with Crippen LogP contribution in [0.1, 0.15) is 11.1 Å². The molecule has 12 heteroatoms. The van der Waals surface area contributed by atoms with Gasteiger partial charge >= 0.3 is 0 Å². The summed E-state index contributed by atoms with van der Waals surface area (Å²) < 4.78 is 35.9. The van der Waals surface area contributed by atoms with Gasteiger partial charge in [-0.1, -0.05) is 29.8 Å². The maximum absolute atomic E-state index is 15.2. The van der Waals surface area contributed by atoms with Crippen LogP contribution in [0.25, 0.3) is 10.9 Å². The zero-order chi connectivity index (χ0) is 30.5. The van der Waals surface area contributed by atoms with Crippen LogP contribution in [0.4, 0.5) is 11.4 Å². The van der Waals surface area contributed by atoms with Crippen LogP contribution in [-0.4, -0.2) is 67.5 Å². The van der Waals surface area contributed by atoms with E-state index in [4.69, 9.17) is 16.3 Å². The topological polar surface area (TPSA) is 109 Å². The number of ether oxygens (including phenoxy) is 1. The monoisotopic (exact) mass is 626 g/mol. The van der Waals surface area contributed by atoms with Crippen molar-refractivity contribution in [2.24, 2.45) is 0 Å². The summed E-state index contributed by atoms with van der Waals surface area (Å²) in [4.78, 5) is 32.4. The van der Waals surface area contributed by atoms with Crippen molar-refractivity contribution >= 4 is 49.8 Å². The third-order valence-electron chi connectivity index (χ3n) is 8.29. The quantitative estimate of drug-likeness (QED) is 0.269. The van der Waals surface area contributed by atoms with Crippen LogP contribution in [0.15, 0.2) is 102 Å². The average molecular weight is 627 g/mol. The van der Waals surface area contributed by atoms with Gasteiger partial charge in [0.15, 0.2) is 5.54 Å². The largest absolute Gasteiger partial charge is 0.481 e. The van der Waals surface area contributed by atoms with Crippen molar-refractivity contribution in [2.75, 3.05) is 42.5 Å². The van der Waals surface area contributed by atoms with Gasteiger partial charge in [-0.3, -0.25) is 19.7 Å². The Morgan fingerprint density at radius 2 is 1.61 bits per heavy atom. The standard InChI is InChI=1S/C32H27ClN6O4S/c1-43-30-25(9-5-15-36-30)32(38-18-16-37(17-19-38)24-8-4-13-34-21-24)26-20-23(33)11-12-27(26)39(31(32)40)44(41,42)28-10-2-6-22-7-3-14-35-29(22)28/h2-15,20-21H,16-19H2,1H3. The van der Waals surface area contributed by atoms with Crippen molar-refractivity contribution in [3.8, 4) is 5.88 Å². The number of methoxy groups -OCH3 is 1. The second kappa shape index (κ2) is 10.8. The molecular formula is C32H27ClN6O4S. The number of anilines is 2. The molecule has 5 heterocycles. The lowest BCUT2D eigenvalue weighted by atomic mass is 9.82. The van der Waals surface area contributed by atoms with Gasteiger partial charge in [-0.2, -0.15) is 0 Å². The molecule has 1 unspecified atom stereocenters. The summed E-state index contributed by atoms with van der Waals surface area (Å²) in [7, 11) is -2.98. The molecule has 0 N–H and O–H groups in total. The van der Waals surface area contributed by atoms with E-state index in [-0.39, 0.29) is 22.0 Å². The number of sulfonamides is 1. The first-order valence-corrected chi connectivity index (χ1v) is 15.8. The number of hydrogen-bond acceptors (Lipinski definition) is 9. The molecule has 1 atom stereocenters. The van der Waals surface area contributed by atoms with E-state index in [1.54, 1.807) is 73.2 Å². The van der Waals surface area contributed by atoms with Crippen molar-refractivity contribution in [1.29, 1.82) is 0 Å². The first-order valence-electron chi connectivity index (χ1n) is 14.0. The summed E-state index contributed by atoms with van der Waals surface area (Å²) in [6, 6.07) is 20.6. The van der Waals surface area contributed by atoms with Crippen LogP contribution in [0.2, 0.25) is 5.02 Å². The van der Waals surface area contributed by atoms with Gasteiger partial charge in [0.2, 0.25) is 5.88 Å². The lowest BCUT2D eigenvalue weighted by Crippen LogP contribution is -2.60. The van der Waals surface area contributed by atoms with E-state index in [9.17, 15) is 8.42 Å². The highest BCUT2D eigenvalue weighted by atomic mass is 35.5. The van der Waals surface area contributed by atoms with Gasteiger partial charge in [0.1, 0.15) is 4.90 Å². The molecule has 2 aliphatic heterocycles. The van der Waals surface area contributed by atoms with E-state index in [0.717, 1.165) is 9.99 Å². The summed E-state index contributed by atoms with van der Waals surface area (Å²) in [5.74, 6) is -0.448. The molecule has 5 aromatic rings. The Bertz CT molecular complexity index is 2000. The summed E-state index contributed by atoms with van der Waals surface area (Å²) in [6.07, 6.45) is 6.64. The Labute approximate surface area is 259 Å². The van der Waals surface area contributed by atoms with Gasteiger partial charge in [0, 0.05) is 66.3 Å². The highest BCUT2D eigenvalue weighted by molar-refractivity contribution is 7.93. The number of amides is 1. The van der Waals surface area contributed by atoms with Crippen LogP contribution < -0.4 is 13.9 Å². The number of pyridine rings is 3. The molecule has 0 saturated carbocycles. The molecular weight excluding hydrogens is 600 g/mol. The summed E-state index contributed by atoms with van der Waals surface area (Å²) in [5.41, 5.74) is 0.723. The lowest BCUT2D eigenvalue weighted by Gasteiger charge is -2.45. The Balaban J connectivity index is 1.44. The van der Waals surface area contributed by atoms with Crippen molar-refractivity contribution < 1.29 is 17.9 Å². The van der Waals surface area contributed by atoms with Crippen molar-refractivity contribution in [3.63, 3.8) is 0 Å². The molecule has 1 amide bonds. The van der Waals surface area contributed by atoms with Gasteiger partial charge in [-0.15, -0.1) is 0 Å². The molecule has 3 aromatic heterocycles. The van der Waals surface area contributed by atoms with Crippen LogP contribution >= 0.6 is 11.6 Å². The first-order chi connectivity index (χ1) is 21.4. The fourth-order valence-corrected chi connectivity index (χ4v) is 8.18. The molecule has 44 heavy (non-hydrogen) atoms. The van der Waals surface area contributed by atoms with Gasteiger partial charge < -0.3 is 9.64 Å². The molecule has 1 fully saturated rings. The minimum Gasteiger partial charge on any atom is -0.481 e. The Kier molecular flexibility index (Phi) is 6.95. The fourth-order valence-electron chi connectivity index (χ4n) is 6.37. The zero-order valence-electron chi connectivity index (χ0n) is 23.7. The van der Waals surface area contributed by atoms with E-state index in [0.29, 0.717) is 47.7 Å². The van der Waals surface area contributed by atoms with Crippen molar-refractivity contribution in [1.82, 2.24) is 19.9 Å². The minimum atomic E-state index is -4.46. The van der Waals surface area contributed by atoms with Gasteiger partial charge in [-0.25, -0.2) is 17.7 Å². The number of aromatic nitrogens is 3. The number of carbonyl (C=O) groups excluding carboxylic acids is 1. The number of carbonyl (C=O) groups is 1. The molecule has 2 aliphatic rings. The number of para-hydroxylation sites is 1. The normalized spacial score (nSPS) is 18.9. The van der Waals surface area contributed by atoms with E-state index in [1.165, 1.54) is 19.4 Å². The van der Waals surface area contributed by atoms with Crippen molar-refractivity contribution in [2.45, 2.75) is 10.4 Å². The smallest absolute Gasteiger partial charge is 0.273 e. The molecule has 0 bridgehead atoms. The third-order valence-corrected chi connectivity index (χ3v) is 10.3. The summed E-state index contributed by atoms with van der Waals surface area (Å²) in [5, 5.41) is 1.01. The predicted octanol–water partition coefficient (Wildman–Crippen LogP) is 4.49. The maximum Gasteiger partial charge on any atom is 0.273 e. The molecule has 0 aliphatic carbocycles. The molecule has 222 valence electrons. The highest BCUT2D eigenvalue weighted by Gasteiger charge is 2.61. The van der Waals surface area contributed by atoms with Gasteiger partial charge in [0.05, 0.1) is 30.2 Å². The molecule has 0 radical (unpaired) electrons. The zero-order valence-corrected chi connectivity index (χ0v) is 25.2. The van der Waals surface area contributed by atoms with Crippen molar-refractivity contribution in [3.05, 3.63) is 114 Å². The number of piperazine rings is 1. The third kappa shape index (κ3) is 4.22. The van der Waals surface area contributed by atoms with Crippen LogP contribution in [0, 0.1) is 0 Å². The fraction of sp³-hybridized carbons (Fsp3) is 0.188. The highest BCUT2D eigenvalue weighted by Crippen LogP contribution is 2.53. The summed E-state index contributed by atoms with van der Waals surface area (Å²) >= 11 is 6.59. The second-order valence-electron chi connectivity index (χ2n) is 10.5. The van der Waals surface area contributed by atoms with E-state index in [1.807, 2.05) is 17.0 Å². The number of rotatable bonds is 6. The van der Waals surface area contributed by atoms with Crippen LogP contribution in [-0.2, 0) is 20.4 Å². The van der Waals surface area contributed by atoms with Crippen LogP contribution in [0.5, 0.6) is 5.88 Å². The number of nitrogens with zero attached hydrogens (tertiary/aromatic N) is 6. The summed E-state index contributed by atoms with van der Waals surface area (Å²) in [6.45, 7) is 1.99. The van der Waals surface area contributed by atoms with E-state index in [2.05, 4.69) is 19.9 Å². The van der Waals surface area contributed by atoms with E-state index < -0.39 is 21.5 Å². The molecule has 0 spiro atoms. The molecule has 10 nitrogen and oxygen atoms in total.